The van der Waals surface area contributed by atoms with Crippen molar-refractivity contribution < 1.29 is 85.3 Å². The molecule has 2 unspecified atom stereocenters. The molecule has 2 amide bonds. The van der Waals surface area contributed by atoms with E-state index in [2.05, 4.69) is 47.0 Å². The van der Waals surface area contributed by atoms with Gasteiger partial charge >= 0.3 is 23.5 Å². The van der Waals surface area contributed by atoms with Crippen LogP contribution in [0.1, 0.15) is 44.0 Å². The average Bonchev–Trinajstić information content (AvgIpc) is 3.63. The molecule has 29 heteroatoms. The van der Waals surface area contributed by atoms with Crippen LogP contribution >= 0.6 is 36.1 Å². The van der Waals surface area contributed by atoms with Crippen LogP contribution in [0.15, 0.2) is 18.5 Å². The minimum atomic E-state index is -5.64. The highest BCUT2D eigenvalue weighted by molar-refractivity contribution is 7.80. The average molecular weight is 864 g/mol. The molecule has 308 valence electrons. The van der Waals surface area contributed by atoms with Crippen LogP contribution < -0.4 is 16.4 Å². The number of fused-ring (bicyclic) bond motifs is 1. The van der Waals surface area contributed by atoms with E-state index in [1.165, 1.54) is 20.8 Å². The summed E-state index contributed by atoms with van der Waals surface area (Å²) in [7, 11) is -16.6. The van der Waals surface area contributed by atoms with Gasteiger partial charge in [0.2, 0.25) is 23.4 Å². The van der Waals surface area contributed by atoms with Crippen molar-refractivity contribution in [3.8, 4) is 0 Å². The third-order valence-corrected chi connectivity index (χ3v) is 10.6. The van der Waals surface area contributed by atoms with Crippen LogP contribution in [0.2, 0.25) is 0 Å². The number of carbonyl (C=O) groups is 4. The lowest BCUT2D eigenvalue weighted by Gasteiger charge is -2.30. The maximum Gasteiger partial charge on any atom is 0.481 e. The Morgan fingerprint density at radius 1 is 1.07 bits per heavy atom. The van der Waals surface area contributed by atoms with E-state index in [4.69, 9.17) is 19.5 Å². The summed E-state index contributed by atoms with van der Waals surface area (Å²) in [6.45, 7) is 1.68. The highest BCUT2D eigenvalue weighted by Crippen LogP contribution is 2.61. The predicted octanol–water partition coefficient (Wildman–Crippen LogP) is -1.34. The number of carbonyl (C=O) groups excluding carboxylic acids is 4. The maximum absolute atomic E-state index is 12.7. The first kappa shape index (κ1) is 46.4. The number of amides is 2. The Labute approximate surface area is 316 Å². The molecule has 7 atom stereocenters. The van der Waals surface area contributed by atoms with Gasteiger partial charge in [-0.25, -0.2) is 28.6 Å². The summed E-state index contributed by atoms with van der Waals surface area (Å²) in [4.78, 5) is 99.0. The van der Waals surface area contributed by atoms with Gasteiger partial charge in [0.15, 0.2) is 23.5 Å². The van der Waals surface area contributed by atoms with Gasteiger partial charge in [-0.05, 0) is 19.1 Å². The Kier molecular flexibility index (Phi) is 16.0. The molecule has 2 aromatic heterocycles. The number of aromatic nitrogens is 4. The van der Waals surface area contributed by atoms with Crippen molar-refractivity contribution in [2.75, 3.05) is 37.8 Å². The molecule has 1 fully saturated rings. The number of nitrogens with zero attached hydrogens (tertiary/aromatic N) is 4. The summed E-state index contributed by atoms with van der Waals surface area (Å²) >= 11 is 3.95. The maximum atomic E-state index is 12.7. The second-order valence-electron chi connectivity index (χ2n) is 12.3. The molecule has 25 nitrogen and oxygen atoms in total. The molecule has 0 aliphatic carbocycles. The van der Waals surface area contributed by atoms with E-state index in [9.17, 15) is 62.7 Å². The van der Waals surface area contributed by atoms with E-state index in [1.807, 2.05) is 0 Å². The van der Waals surface area contributed by atoms with Crippen molar-refractivity contribution in [3.05, 3.63) is 24.3 Å². The van der Waals surface area contributed by atoms with E-state index in [0.717, 1.165) is 23.0 Å². The molecule has 0 saturated carbocycles. The third-order valence-electron chi connectivity index (χ3n) is 7.26. The van der Waals surface area contributed by atoms with Gasteiger partial charge in [-0.15, -0.1) is 0 Å². The molecule has 1 saturated heterocycles. The van der Waals surface area contributed by atoms with Crippen LogP contribution in [-0.2, 0) is 50.7 Å². The fourth-order valence-electron chi connectivity index (χ4n) is 4.58. The van der Waals surface area contributed by atoms with Crippen molar-refractivity contribution in [1.82, 2.24) is 30.2 Å². The van der Waals surface area contributed by atoms with E-state index in [-0.39, 0.29) is 29.9 Å². The molecule has 0 radical (unpaired) electrons. The van der Waals surface area contributed by atoms with Crippen LogP contribution in [0.5, 0.6) is 0 Å². The summed E-state index contributed by atoms with van der Waals surface area (Å²) in [5.41, 5.74) is 3.91. The van der Waals surface area contributed by atoms with Crippen LogP contribution in [0.4, 0.5) is 5.82 Å². The number of nitrogens with one attached hydrogen (secondary N) is 2. The number of aliphatic hydroxyl groups excluding tert-OH is 2. The van der Waals surface area contributed by atoms with Crippen LogP contribution in [0.3, 0.4) is 0 Å². The van der Waals surface area contributed by atoms with Crippen LogP contribution in [0.25, 0.3) is 11.2 Å². The van der Waals surface area contributed by atoms with Crippen LogP contribution in [-0.4, -0.2) is 129 Å². The number of hydrogen-bond donors (Lipinski definition) is 10. The molecule has 1 aliphatic rings. The zero-order valence-corrected chi connectivity index (χ0v) is 32.7. The largest absolute Gasteiger partial charge is 0.481 e. The van der Waals surface area contributed by atoms with Crippen molar-refractivity contribution in [1.29, 1.82) is 0 Å². The molecule has 0 aromatic carbocycles. The Morgan fingerprint density at radius 2 is 1.73 bits per heavy atom. The second kappa shape index (κ2) is 18.9. The standard InChI is InChI=1S/C26H40N7O18P3S/c1-13(34)4-5-14(35)22-31-21(27)17-23(32-22)33(12-30-17)25-18(37)19(50-52(40,41)42)15(49-25)10-47-53(43,44)51-54(45,46)48-11-26(2,3)20(38)24(39)29-7-6-16(36)28-8-9-55/h4-5,12,15,18-20,25,37-38,55H,6-11H2,1-3H3,(H,28,36)(H,29,39)(H,43,44)(H,45,46)(H2,27,31,32)(H2,40,41,42)/t15-,18-,19-,20+,25-/m1/s1. The fourth-order valence-corrected chi connectivity index (χ4v) is 7.52. The lowest BCUT2D eigenvalue weighted by molar-refractivity contribution is -0.137. The first-order valence-corrected chi connectivity index (χ1v) is 20.8. The van der Waals surface area contributed by atoms with Gasteiger partial charge in [0.1, 0.15) is 29.9 Å². The van der Waals surface area contributed by atoms with Gasteiger partial charge in [0.05, 0.1) is 19.5 Å². The zero-order chi connectivity index (χ0) is 41.5. The van der Waals surface area contributed by atoms with E-state index < -0.39 is 102 Å². The van der Waals surface area contributed by atoms with Gasteiger partial charge in [-0.1, -0.05) is 13.8 Å². The zero-order valence-electron chi connectivity index (χ0n) is 29.1. The molecule has 3 rings (SSSR count). The highest BCUT2D eigenvalue weighted by Gasteiger charge is 2.50. The van der Waals surface area contributed by atoms with Crippen LogP contribution in [0, 0.1) is 5.41 Å². The summed E-state index contributed by atoms with van der Waals surface area (Å²) < 4.78 is 62.0. The molecule has 10 N–H and O–H groups in total. The second-order valence-corrected chi connectivity index (χ2v) is 17.0. The summed E-state index contributed by atoms with van der Waals surface area (Å²) in [6.07, 6.45) is -6.80. The number of anilines is 1. The number of phosphoric acid groups is 3. The number of nitrogen functional groups attached to an aromatic ring is 1. The van der Waals surface area contributed by atoms with Crippen molar-refractivity contribution in [2.24, 2.45) is 5.41 Å². The summed E-state index contributed by atoms with van der Waals surface area (Å²) in [6, 6.07) is 0. The fraction of sp³-hybridized carbons (Fsp3) is 0.577. The van der Waals surface area contributed by atoms with Gasteiger partial charge in [0, 0.05) is 30.7 Å². The van der Waals surface area contributed by atoms with Gasteiger partial charge < -0.3 is 50.9 Å². The molecular weight excluding hydrogens is 823 g/mol. The number of thiol groups is 1. The topological polar surface area (TPSA) is 381 Å². The number of imidazole rings is 1. The van der Waals surface area contributed by atoms with Gasteiger partial charge in [-0.3, -0.25) is 37.3 Å². The smallest absolute Gasteiger partial charge is 0.386 e. The Morgan fingerprint density at radius 3 is 2.35 bits per heavy atom. The first-order valence-electron chi connectivity index (χ1n) is 15.7. The minimum Gasteiger partial charge on any atom is -0.386 e. The number of phosphoric ester groups is 3. The lowest BCUT2D eigenvalue weighted by Crippen LogP contribution is -2.46. The lowest BCUT2D eigenvalue weighted by atomic mass is 9.87. The van der Waals surface area contributed by atoms with E-state index >= 15 is 0 Å². The number of aliphatic hydroxyl groups is 2. The molecule has 1 aliphatic heterocycles. The van der Waals surface area contributed by atoms with E-state index in [0.29, 0.717) is 12.3 Å². The number of rotatable bonds is 21. The monoisotopic (exact) mass is 863 g/mol. The number of nitrogens with two attached hydrogens (primary N) is 1. The molecular formula is C26H40N7O18P3S. The Balaban J connectivity index is 1.71. The van der Waals surface area contributed by atoms with Crippen molar-refractivity contribution in [2.45, 2.75) is 57.8 Å². The molecule has 55 heavy (non-hydrogen) atoms. The van der Waals surface area contributed by atoms with Gasteiger partial charge in [0.25, 0.3) is 0 Å². The molecule has 0 spiro atoms. The number of ketones is 2. The Hall–Kier alpha value is -3.03. The first-order chi connectivity index (χ1) is 25.4. The SMILES string of the molecule is CC(=O)C=CC(=O)c1nc(N)c2ncn([C@@H]3O[C@H](COP(=O)(O)OP(=O)(O)OCC(C)(C)[C@@H](O)C(=O)NCCC(=O)NCCS)[C@@H](OP(=O)(O)O)[C@H]3O)c2n1. The number of allylic oxidation sites excluding steroid dienone is 2. The minimum absolute atomic E-state index is 0.122. The number of ether oxygens (including phenoxy) is 1. The Bertz CT molecular complexity index is 1920. The molecule has 0 bridgehead atoms. The highest BCUT2D eigenvalue weighted by atomic mass is 32.1. The van der Waals surface area contributed by atoms with Crippen molar-refractivity contribution in [3.63, 3.8) is 0 Å². The van der Waals surface area contributed by atoms with E-state index in [1.54, 1.807) is 0 Å². The normalized spacial score (nSPS) is 21.9. The predicted molar refractivity (Wildman–Crippen MR) is 188 cm³/mol. The van der Waals surface area contributed by atoms with Crippen molar-refractivity contribution >= 4 is 76.5 Å². The molecule has 3 heterocycles. The van der Waals surface area contributed by atoms with Gasteiger partial charge in [-0.2, -0.15) is 16.9 Å². The number of hydrogen-bond acceptors (Lipinski definition) is 19. The summed E-state index contributed by atoms with van der Waals surface area (Å²) in [5, 5.41) is 26.3. The third kappa shape index (κ3) is 13.6. The summed E-state index contributed by atoms with van der Waals surface area (Å²) in [5.74, 6) is -3.13. The quantitative estimate of drug-likeness (QED) is 0.0300. The molecule has 2 aromatic rings.